The molecule has 0 amide bonds. The first-order valence-corrected chi connectivity index (χ1v) is 13.8. The van der Waals surface area contributed by atoms with Crippen LogP contribution in [-0.4, -0.2) is 28.6 Å². The monoisotopic (exact) mass is 460 g/mol. The highest BCUT2D eigenvalue weighted by Crippen LogP contribution is 2.67. The van der Waals surface area contributed by atoms with E-state index in [0.29, 0.717) is 41.8 Å². The minimum atomic E-state index is -0.575. The zero-order valence-corrected chi connectivity index (χ0v) is 22.0. The Bertz CT molecular complexity index is 753. The topological polar surface area (TPSA) is 63.6 Å². The average molecular weight is 461 g/mol. The van der Waals surface area contributed by atoms with Crippen molar-refractivity contribution in [2.75, 3.05) is 0 Å². The van der Waals surface area contributed by atoms with Crippen molar-refractivity contribution in [2.24, 2.45) is 46.3 Å². The molecule has 4 aliphatic carbocycles. The highest BCUT2D eigenvalue weighted by Gasteiger charge is 2.63. The smallest absolute Gasteiger partial charge is 0.302 e. The molecular formula is C29H48O4. The Morgan fingerprint density at radius 2 is 1.79 bits per heavy atom. The molecule has 4 rings (SSSR count). The minimum absolute atomic E-state index is 0.000565. The third kappa shape index (κ3) is 4.67. The molecule has 0 spiro atoms. The van der Waals surface area contributed by atoms with E-state index in [9.17, 15) is 14.7 Å². The van der Waals surface area contributed by atoms with E-state index >= 15 is 0 Å². The Hall–Kier alpha value is -0.900. The number of hydrogen-bond donors (Lipinski definition) is 1. The van der Waals surface area contributed by atoms with E-state index in [1.165, 1.54) is 39.0 Å². The number of carbonyl (C=O) groups is 2. The molecule has 0 aliphatic heterocycles. The van der Waals surface area contributed by atoms with Crippen LogP contribution in [0.1, 0.15) is 112 Å². The van der Waals surface area contributed by atoms with Crippen molar-refractivity contribution in [1.82, 2.24) is 0 Å². The summed E-state index contributed by atoms with van der Waals surface area (Å²) < 4.78 is 5.57. The Morgan fingerprint density at radius 1 is 1.12 bits per heavy atom. The molecule has 9 atom stereocenters. The van der Waals surface area contributed by atoms with Gasteiger partial charge in [-0.3, -0.25) is 9.59 Å². The van der Waals surface area contributed by atoms with Gasteiger partial charge in [0, 0.05) is 19.3 Å². The Labute approximate surface area is 201 Å². The van der Waals surface area contributed by atoms with Gasteiger partial charge in [0.2, 0.25) is 0 Å². The predicted octanol–water partition coefficient (Wildman–Crippen LogP) is 6.33. The van der Waals surface area contributed by atoms with Gasteiger partial charge < -0.3 is 9.84 Å². The summed E-state index contributed by atoms with van der Waals surface area (Å²) in [5.74, 6) is 3.32. The van der Waals surface area contributed by atoms with E-state index in [0.717, 1.165) is 32.1 Å². The average Bonchev–Trinajstić information content (AvgIpc) is 3.05. The van der Waals surface area contributed by atoms with Crippen LogP contribution < -0.4 is 0 Å². The van der Waals surface area contributed by atoms with Crippen LogP contribution >= 0.6 is 0 Å². The molecular weight excluding hydrogens is 412 g/mol. The number of rotatable bonds is 6. The van der Waals surface area contributed by atoms with Gasteiger partial charge >= 0.3 is 5.97 Å². The van der Waals surface area contributed by atoms with Gasteiger partial charge in [0.05, 0.1) is 5.60 Å². The highest BCUT2D eigenvalue weighted by atomic mass is 16.5. The second kappa shape index (κ2) is 8.95. The second-order valence-corrected chi connectivity index (χ2v) is 13.5. The first kappa shape index (κ1) is 25.2. The zero-order chi connectivity index (χ0) is 24.2. The lowest BCUT2D eigenvalue weighted by molar-refractivity contribution is -0.168. The SMILES string of the molecule is CC(=O)O[C@H]1CC[C@@]2(C)[C@@H](CC(=O)[C@@H]3[C@@H]2CC[C@]2(C)[C@@H]([C@H](C)CCCC(C)(C)O)CC[C@@H]32)C1. The summed E-state index contributed by atoms with van der Waals surface area (Å²) in [6.45, 7) is 12.7. The number of ether oxygens (including phenoxy) is 1. The molecule has 4 saturated carbocycles. The van der Waals surface area contributed by atoms with Gasteiger partial charge in [-0.25, -0.2) is 0 Å². The van der Waals surface area contributed by atoms with E-state index in [1.54, 1.807) is 0 Å². The fourth-order valence-corrected chi connectivity index (χ4v) is 9.27. The Morgan fingerprint density at radius 3 is 2.45 bits per heavy atom. The molecule has 4 heteroatoms. The molecule has 0 saturated heterocycles. The maximum atomic E-state index is 13.7. The van der Waals surface area contributed by atoms with Crippen molar-refractivity contribution in [3.63, 3.8) is 0 Å². The highest BCUT2D eigenvalue weighted by molar-refractivity contribution is 5.83. The summed E-state index contributed by atoms with van der Waals surface area (Å²) in [6, 6.07) is 0. The van der Waals surface area contributed by atoms with E-state index in [1.807, 2.05) is 13.8 Å². The predicted molar refractivity (Wildman–Crippen MR) is 130 cm³/mol. The minimum Gasteiger partial charge on any atom is -0.463 e. The summed E-state index contributed by atoms with van der Waals surface area (Å²) in [7, 11) is 0. The van der Waals surface area contributed by atoms with E-state index in [4.69, 9.17) is 4.74 Å². The molecule has 1 N–H and O–H groups in total. The molecule has 0 aromatic rings. The quantitative estimate of drug-likeness (QED) is 0.470. The molecule has 188 valence electrons. The van der Waals surface area contributed by atoms with Gasteiger partial charge in [0.15, 0.2) is 0 Å². The molecule has 0 radical (unpaired) electrons. The number of aliphatic hydroxyl groups is 1. The summed E-state index contributed by atoms with van der Waals surface area (Å²) >= 11 is 0. The lowest BCUT2D eigenvalue weighted by Crippen LogP contribution is -2.57. The fourth-order valence-electron chi connectivity index (χ4n) is 9.27. The molecule has 33 heavy (non-hydrogen) atoms. The third-order valence-corrected chi connectivity index (χ3v) is 11.0. The van der Waals surface area contributed by atoms with Crippen LogP contribution in [0.4, 0.5) is 0 Å². The van der Waals surface area contributed by atoms with Crippen LogP contribution in [0.15, 0.2) is 0 Å². The molecule has 4 fully saturated rings. The van der Waals surface area contributed by atoms with Crippen molar-refractivity contribution in [3.8, 4) is 0 Å². The van der Waals surface area contributed by atoms with Gasteiger partial charge in [-0.15, -0.1) is 0 Å². The molecule has 4 aliphatic rings. The van der Waals surface area contributed by atoms with Crippen molar-refractivity contribution >= 4 is 11.8 Å². The van der Waals surface area contributed by atoms with Crippen molar-refractivity contribution < 1.29 is 19.4 Å². The first-order valence-electron chi connectivity index (χ1n) is 13.8. The van der Waals surface area contributed by atoms with Gasteiger partial charge in [-0.05, 0) is 106 Å². The number of hydrogen-bond acceptors (Lipinski definition) is 4. The summed E-state index contributed by atoms with van der Waals surface area (Å²) in [6.07, 6.45) is 11.6. The van der Waals surface area contributed by atoms with Crippen LogP contribution in [0.25, 0.3) is 0 Å². The summed E-state index contributed by atoms with van der Waals surface area (Å²) in [5, 5.41) is 10.1. The molecule has 0 bridgehead atoms. The normalized spacial score (nSPS) is 43.9. The fraction of sp³-hybridized carbons (Fsp3) is 0.931. The van der Waals surface area contributed by atoms with Crippen molar-refractivity contribution in [1.29, 1.82) is 0 Å². The zero-order valence-electron chi connectivity index (χ0n) is 22.0. The second-order valence-electron chi connectivity index (χ2n) is 13.5. The molecule has 0 unspecified atom stereocenters. The van der Waals surface area contributed by atoms with E-state index in [-0.39, 0.29) is 28.8 Å². The number of carbonyl (C=O) groups excluding carboxylic acids is 2. The maximum Gasteiger partial charge on any atom is 0.302 e. The molecule has 0 heterocycles. The number of Topliss-reactive ketones (excluding diaryl/α,β-unsaturated/α-hetero) is 1. The van der Waals surface area contributed by atoms with E-state index in [2.05, 4.69) is 20.8 Å². The van der Waals surface area contributed by atoms with Crippen LogP contribution in [-0.2, 0) is 14.3 Å². The molecule has 4 nitrogen and oxygen atoms in total. The van der Waals surface area contributed by atoms with Gasteiger partial charge in [-0.1, -0.05) is 33.6 Å². The van der Waals surface area contributed by atoms with Gasteiger partial charge in [0.1, 0.15) is 11.9 Å². The van der Waals surface area contributed by atoms with Gasteiger partial charge in [-0.2, -0.15) is 0 Å². The Kier molecular flexibility index (Phi) is 6.84. The Balaban J connectivity index is 1.47. The maximum absolute atomic E-state index is 13.7. The van der Waals surface area contributed by atoms with Crippen LogP contribution in [0.5, 0.6) is 0 Å². The largest absolute Gasteiger partial charge is 0.463 e. The standard InChI is InChI=1S/C29H48O4/c1-18(8-7-13-27(3,4)32)22-9-10-23-26-24(12-15-29(22,23)6)28(5)14-11-21(33-19(2)30)16-20(28)17-25(26)31/h18,20-24,26,32H,7-17H2,1-6H3/t18-,20-,21+,22-,23+,24+,26+,28+,29-/m1/s1. The third-order valence-electron chi connectivity index (χ3n) is 11.0. The van der Waals surface area contributed by atoms with Crippen molar-refractivity contribution in [2.45, 2.75) is 124 Å². The summed E-state index contributed by atoms with van der Waals surface area (Å²) in [4.78, 5) is 25.2. The lowest BCUT2D eigenvalue weighted by atomic mass is 9.44. The lowest BCUT2D eigenvalue weighted by Gasteiger charge is -2.60. The van der Waals surface area contributed by atoms with Crippen LogP contribution in [0.2, 0.25) is 0 Å². The summed E-state index contributed by atoms with van der Waals surface area (Å²) in [5.41, 5.74) is -0.0784. The number of ketones is 1. The molecule has 0 aromatic carbocycles. The van der Waals surface area contributed by atoms with Crippen LogP contribution in [0, 0.1) is 46.3 Å². The first-order chi connectivity index (χ1) is 15.3. The van der Waals surface area contributed by atoms with Crippen molar-refractivity contribution in [3.05, 3.63) is 0 Å². The van der Waals surface area contributed by atoms with Gasteiger partial charge in [0.25, 0.3) is 0 Å². The number of fused-ring (bicyclic) bond motifs is 5. The van der Waals surface area contributed by atoms with E-state index < -0.39 is 5.60 Å². The molecule has 0 aromatic heterocycles. The van der Waals surface area contributed by atoms with Crippen LogP contribution in [0.3, 0.4) is 0 Å². The number of esters is 1.